The molecular formula is C17H27NO. The van der Waals surface area contributed by atoms with Crippen molar-refractivity contribution in [1.82, 2.24) is 5.32 Å². The van der Waals surface area contributed by atoms with Crippen LogP contribution < -0.4 is 5.32 Å². The summed E-state index contributed by atoms with van der Waals surface area (Å²) in [5.74, 6) is 0.778. The molecule has 0 aliphatic carbocycles. The van der Waals surface area contributed by atoms with Crippen LogP contribution in [-0.4, -0.2) is 25.8 Å². The molecule has 2 atom stereocenters. The lowest BCUT2D eigenvalue weighted by molar-refractivity contribution is 0.181. The number of benzene rings is 1. The van der Waals surface area contributed by atoms with Gasteiger partial charge in [0.15, 0.2) is 0 Å². The van der Waals surface area contributed by atoms with E-state index in [0.717, 1.165) is 25.7 Å². The van der Waals surface area contributed by atoms with Crippen molar-refractivity contribution >= 4 is 0 Å². The van der Waals surface area contributed by atoms with Crippen LogP contribution in [0.15, 0.2) is 30.3 Å². The molecule has 0 saturated carbocycles. The molecule has 2 heteroatoms. The molecule has 0 spiro atoms. The van der Waals surface area contributed by atoms with Crippen LogP contribution in [0.3, 0.4) is 0 Å². The van der Waals surface area contributed by atoms with E-state index in [1.165, 1.54) is 37.7 Å². The minimum absolute atomic E-state index is 0.667. The Kier molecular flexibility index (Phi) is 6.38. The zero-order valence-corrected chi connectivity index (χ0v) is 12.1. The number of nitrogens with one attached hydrogen (secondary N) is 1. The molecule has 19 heavy (non-hydrogen) atoms. The van der Waals surface area contributed by atoms with E-state index in [1.807, 2.05) is 0 Å². The average Bonchev–Trinajstić information content (AvgIpc) is 2.93. The van der Waals surface area contributed by atoms with Gasteiger partial charge in [0.05, 0.1) is 0 Å². The Labute approximate surface area is 117 Å². The lowest BCUT2D eigenvalue weighted by atomic mass is 9.95. The summed E-state index contributed by atoms with van der Waals surface area (Å²) in [4.78, 5) is 0. The first-order valence-corrected chi connectivity index (χ1v) is 7.73. The van der Waals surface area contributed by atoms with Crippen molar-refractivity contribution in [2.75, 3.05) is 19.8 Å². The van der Waals surface area contributed by atoms with Crippen molar-refractivity contribution in [3.63, 3.8) is 0 Å². The van der Waals surface area contributed by atoms with Crippen LogP contribution in [0, 0.1) is 5.92 Å². The van der Waals surface area contributed by atoms with Crippen LogP contribution in [0.1, 0.15) is 38.2 Å². The highest BCUT2D eigenvalue weighted by Crippen LogP contribution is 2.20. The largest absolute Gasteiger partial charge is 0.381 e. The molecule has 1 aromatic carbocycles. The van der Waals surface area contributed by atoms with Gasteiger partial charge in [-0.1, -0.05) is 37.3 Å². The molecule has 0 radical (unpaired) electrons. The highest BCUT2D eigenvalue weighted by molar-refractivity contribution is 5.14. The maximum atomic E-state index is 5.48. The highest BCUT2D eigenvalue weighted by atomic mass is 16.5. The first kappa shape index (κ1) is 14.5. The minimum atomic E-state index is 0.667. The molecule has 1 aliphatic rings. The second kappa shape index (κ2) is 8.34. The fourth-order valence-electron chi connectivity index (χ4n) is 2.96. The summed E-state index contributed by atoms with van der Waals surface area (Å²) in [6, 6.07) is 11.5. The number of ether oxygens (including phenoxy) is 1. The second-order valence-corrected chi connectivity index (χ2v) is 5.60. The van der Waals surface area contributed by atoms with Gasteiger partial charge in [-0.25, -0.2) is 0 Å². The predicted octanol–water partition coefficient (Wildman–Crippen LogP) is 3.41. The van der Waals surface area contributed by atoms with Crippen molar-refractivity contribution in [2.24, 2.45) is 5.92 Å². The summed E-state index contributed by atoms with van der Waals surface area (Å²) in [6.07, 6.45) is 6.28. The zero-order valence-electron chi connectivity index (χ0n) is 12.1. The van der Waals surface area contributed by atoms with Gasteiger partial charge in [0.1, 0.15) is 0 Å². The second-order valence-electron chi connectivity index (χ2n) is 5.60. The Morgan fingerprint density at radius 3 is 2.84 bits per heavy atom. The number of rotatable bonds is 8. The lowest BCUT2D eigenvalue weighted by Gasteiger charge is -2.20. The third-order valence-electron chi connectivity index (χ3n) is 4.00. The van der Waals surface area contributed by atoms with E-state index in [2.05, 4.69) is 42.6 Å². The Morgan fingerprint density at radius 2 is 2.16 bits per heavy atom. The van der Waals surface area contributed by atoms with Crippen LogP contribution in [-0.2, 0) is 11.2 Å². The lowest BCUT2D eigenvalue weighted by Crippen LogP contribution is -2.31. The quantitative estimate of drug-likeness (QED) is 0.774. The molecule has 0 bridgehead atoms. The molecule has 1 fully saturated rings. The van der Waals surface area contributed by atoms with Crippen LogP contribution in [0.25, 0.3) is 0 Å². The first-order valence-electron chi connectivity index (χ1n) is 7.73. The van der Waals surface area contributed by atoms with E-state index in [9.17, 15) is 0 Å². The third kappa shape index (κ3) is 5.33. The molecule has 1 saturated heterocycles. The summed E-state index contributed by atoms with van der Waals surface area (Å²) in [7, 11) is 0. The monoisotopic (exact) mass is 261 g/mol. The third-order valence-corrected chi connectivity index (χ3v) is 4.00. The molecule has 2 nitrogen and oxygen atoms in total. The summed E-state index contributed by atoms with van der Waals surface area (Å²) < 4.78 is 5.48. The fourth-order valence-corrected chi connectivity index (χ4v) is 2.96. The molecule has 2 rings (SSSR count). The van der Waals surface area contributed by atoms with Gasteiger partial charge < -0.3 is 10.1 Å². The molecule has 1 aliphatic heterocycles. The SMILES string of the molecule is CCNC(CCCc1ccccc1)CC1CCOC1. The Bertz CT molecular complexity index is 332. The van der Waals surface area contributed by atoms with Crippen LogP contribution in [0.5, 0.6) is 0 Å². The first-order chi connectivity index (χ1) is 9.38. The van der Waals surface area contributed by atoms with Crippen molar-refractivity contribution in [1.29, 1.82) is 0 Å². The van der Waals surface area contributed by atoms with Gasteiger partial charge in [0.25, 0.3) is 0 Å². The number of aryl methyl sites for hydroxylation is 1. The summed E-state index contributed by atoms with van der Waals surface area (Å²) in [5.41, 5.74) is 1.46. The molecule has 0 aromatic heterocycles. The maximum absolute atomic E-state index is 5.48. The average molecular weight is 261 g/mol. The maximum Gasteiger partial charge on any atom is 0.0495 e. The van der Waals surface area contributed by atoms with Crippen molar-refractivity contribution in [3.8, 4) is 0 Å². The Morgan fingerprint density at radius 1 is 1.32 bits per heavy atom. The molecule has 106 valence electrons. The zero-order chi connectivity index (χ0) is 13.3. The van der Waals surface area contributed by atoms with E-state index in [1.54, 1.807) is 0 Å². The van der Waals surface area contributed by atoms with Crippen LogP contribution in [0.4, 0.5) is 0 Å². The predicted molar refractivity (Wildman–Crippen MR) is 80.4 cm³/mol. The van der Waals surface area contributed by atoms with Gasteiger partial charge in [-0.3, -0.25) is 0 Å². The topological polar surface area (TPSA) is 21.3 Å². The molecule has 1 heterocycles. The van der Waals surface area contributed by atoms with Gasteiger partial charge in [-0.15, -0.1) is 0 Å². The van der Waals surface area contributed by atoms with Gasteiger partial charge >= 0.3 is 0 Å². The van der Waals surface area contributed by atoms with Gasteiger partial charge in [-0.2, -0.15) is 0 Å². The van der Waals surface area contributed by atoms with Crippen LogP contribution in [0.2, 0.25) is 0 Å². The highest BCUT2D eigenvalue weighted by Gasteiger charge is 2.19. The van der Waals surface area contributed by atoms with Crippen molar-refractivity contribution in [3.05, 3.63) is 35.9 Å². The van der Waals surface area contributed by atoms with Gasteiger partial charge in [0.2, 0.25) is 0 Å². The Balaban J connectivity index is 1.70. The smallest absolute Gasteiger partial charge is 0.0495 e. The molecule has 1 N–H and O–H groups in total. The molecule has 0 amide bonds. The summed E-state index contributed by atoms with van der Waals surface area (Å²) >= 11 is 0. The van der Waals surface area contributed by atoms with Gasteiger partial charge in [0, 0.05) is 19.3 Å². The van der Waals surface area contributed by atoms with E-state index in [-0.39, 0.29) is 0 Å². The van der Waals surface area contributed by atoms with Gasteiger partial charge in [-0.05, 0) is 50.1 Å². The van der Waals surface area contributed by atoms with E-state index >= 15 is 0 Å². The number of hydrogen-bond donors (Lipinski definition) is 1. The Hall–Kier alpha value is -0.860. The van der Waals surface area contributed by atoms with Crippen molar-refractivity contribution < 1.29 is 4.74 Å². The molecule has 1 aromatic rings. The van der Waals surface area contributed by atoms with E-state index < -0.39 is 0 Å². The normalized spacial score (nSPS) is 20.6. The summed E-state index contributed by atoms with van der Waals surface area (Å²) in [5, 5.41) is 3.64. The van der Waals surface area contributed by atoms with E-state index in [4.69, 9.17) is 4.74 Å². The number of hydrogen-bond acceptors (Lipinski definition) is 2. The minimum Gasteiger partial charge on any atom is -0.381 e. The van der Waals surface area contributed by atoms with Crippen molar-refractivity contribution in [2.45, 2.75) is 45.1 Å². The van der Waals surface area contributed by atoms with Crippen LogP contribution >= 0.6 is 0 Å². The fraction of sp³-hybridized carbons (Fsp3) is 0.647. The molecular weight excluding hydrogens is 234 g/mol. The molecule has 2 unspecified atom stereocenters. The van der Waals surface area contributed by atoms with E-state index in [0.29, 0.717) is 6.04 Å². The summed E-state index contributed by atoms with van der Waals surface area (Å²) in [6.45, 7) is 5.22. The standard InChI is InChI=1S/C17H27NO/c1-2-18-17(13-16-11-12-19-14-16)10-6-9-15-7-4-3-5-8-15/h3-5,7-8,16-18H,2,6,9-14H2,1H3.